The van der Waals surface area contributed by atoms with Gasteiger partial charge in [0.25, 0.3) is 0 Å². The van der Waals surface area contributed by atoms with E-state index >= 15 is 0 Å². The second kappa shape index (κ2) is 4.97. The van der Waals surface area contributed by atoms with Crippen molar-refractivity contribution < 1.29 is 8.94 Å². The van der Waals surface area contributed by atoms with Crippen LogP contribution >= 0.6 is 0 Å². The first-order valence-electron chi connectivity index (χ1n) is 5.95. The normalized spacial score (nSPS) is 10.6. The molecule has 96 valence electrons. The molecule has 0 radical (unpaired) electrons. The second-order valence-electron chi connectivity index (χ2n) is 4.18. The molecule has 5 heteroatoms. The molecule has 1 aromatic carbocycles. The van der Waals surface area contributed by atoms with Crippen LogP contribution in [0.4, 0.5) is 5.69 Å². The molecule has 0 saturated heterocycles. The molecule has 5 nitrogen and oxygen atoms in total. The lowest BCUT2D eigenvalue weighted by atomic mass is 10.3. The average molecular weight is 255 g/mol. The first kappa shape index (κ1) is 11.5. The number of furan rings is 1. The van der Waals surface area contributed by atoms with Gasteiger partial charge in [0.1, 0.15) is 0 Å². The van der Waals surface area contributed by atoms with Gasteiger partial charge in [-0.25, -0.2) is 0 Å². The van der Waals surface area contributed by atoms with Crippen LogP contribution in [0.25, 0.3) is 11.6 Å². The van der Waals surface area contributed by atoms with Crippen molar-refractivity contribution >= 4 is 5.69 Å². The van der Waals surface area contributed by atoms with E-state index in [1.807, 2.05) is 42.3 Å². The van der Waals surface area contributed by atoms with Crippen molar-refractivity contribution in [2.75, 3.05) is 11.9 Å². The Kier molecular flexibility index (Phi) is 3.02. The molecule has 0 bridgehead atoms. The van der Waals surface area contributed by atoms with Gasteiger partial charge >= 0.3 is 0 Å². The Bertz CT molecular complexity index is 632. The van der Waals surface area contributed by atoms with Crippen LogP contribution < -0.4 is 4.90 Å². The molecule has 2 heterocycles. The molecule has 3 rings (SSSR count). The summed E-state index contributed by atoms with van der Waals surface area (Å²) in [4.78, 5) is 6.35. The first-order valence-corrected chi connectivity index (χ1v) is 5.95. The summed E-state index contributed by atoms with van der Waals surface area (Å²) in [5.41, 5.74) is 1.10. The third kappa shape index (κ3) is 2.49. The number of para-hydroxylation sites is 1. The van der Waals surface area contributed by atoms with E-state index in [4.69, 9.17) is 8.94 Å². The Balaban J connectivity index is 1.74. The van der Waals surface area contributed by atoms with Crippen LogP contribution in [-0.4, -0.2) is 17.2 Å². The molecule has 0 spiro atoms. The molecule has 19 heavy (non-hydrogen) atoms. The maximum atomic E-state index is 5.22. The largest absolute Gasteiger partial charge is 0.461 e. The minimum absolute atomic E-state index is 0.474. The molecule has 0 fully saturated rings. The molecule has 2 aromatic heterocycles. The zero-order chi connectivity index (χ0) is 13.1. The number of hydrogen-bond acceptors (Lipinski definition) is 5. The summed E-state index contributed by atoms with van der Waals surface area (Å²) < 4.78 is 10.4. The Labute approximate surface area is 110 Å². The first-order chi connectivity index (χ1) is 9.33. The number of anilines is 1. The highest BCUT2D eigenvalue weighted by atomic mass is 16.5. The van der Waals surface area contributed by atoms with Crippen LogP contribution in [0.5, 0.6) is 0 Å². The van der Waals surface area contributed by atoms with E-state index in [0.717, 1.165) is 5.69 Å². The van der Waals surface area contributed by atoms with E-state index in [9.17, 15) is 0 Å². The van der Waals surface area contributed by atoms with Crippen LogP contribution in [0, 0.1) is 0 Å². The highest BCUT2D eigenvalue weighted by Gasteiger charge is 2.12. The van der Waals surface area contributed by atoms with Gasteiger partial charge in [0.05, 0.1) is 12.8 Å². The van der Waals surface area contributed by atoms with Gasteiger partial charge in [0.2, 0.25) is 11.7 Å². The fourth-order valence-corrected chi connectivity index (χ4v) is 1.80. The fourth-order valence-electron chi connectivity index (χ4n) is 1.80. The highest BCUT2D eigenvalue weighted by Crippen LogP contribution is 2.18. The summed E-state index contributed by atoms with van der Waals surface area (Å²) in [7, 11) is 1.98. The summed E-state index contributed by atoms with van der Waals surface area (Å²) >= 11 is 0. The van der Waals surface area contributed by atoms with Gasteiger partial charge in [0.15, 0.2) is 5.76 Å². The van der Waals surface area contributed by atoms with Crippen molar-refractivity contribution in [1.29, 1.82) is 0 Å². The monoisotopic (exact) mass is 255 g/mol. The van der Waals surface area contributed by atoms with E-state index in [-0.39, 0.29) is 0 Å². The van der Waals surface area contributed by atoms with Gasteiger partial charge < -0.3 is 13.8 Å². The summed E-state index contributed by atoms with van der Waals surface area (Å²) in [5, 5.41) is 3.90. The Morgan fingerprint density at radius 3 is 2.68 bits per heavy atom. The predicted octanol–water partition coefficient (Wildman–Crippen LogP) is 2.97. The number of benzene rings is 1. The third-order valence-electron chi connectivity index (χ3n) is 2.78. The number of rotatable bonds is 4. The highest BCUT2D eigenvalue weighted by molar-refractivity contribution is 5.46. The lowest BCUT2D eigenvalue weighted by Crippen LogP contribution is -2.16. The molecule has 0 unspecified atom stereocenters. The SMILES string of the molecule is CN(Cc1nc(-c2ccco2)no1)c1ccccc1. The summed E-state index contributed by atoms with van der Waals surface area (Å²) in [6.07, 6.45) is 1.58. The molecule has 0 N–H and O–H groups in total. The van der Waals surface area contributed by atoms with Crippen molar-refractivity contribution in [3.8, 4) is 11.6 Å². The molecular formula is C14H13N3O2. The summed E-state index contributed by atoms with van der Waals surface area (Å²) in [5.74, 6) is 1.64. The van der Waals surface area contributed by atoms with E-state index in [0.29, 0.717) is 24.0 Å². The zero-order valence-corrected chi connectivity index (χ0v) is 10.5. The van der Waals surface area contributed by atoms with E-state index in [1.54, 1.807) is 18.4 Å². The Hall–Kier alpha value is -2.56. The van der Waals surface area contributed by atoms with Crippen LogP contribution in [-0.2, 0) is 6.54 Å². The minimum atomic E-state index is 0.474. The lowest BCUT2D eigenvalue weighted by molar-refractivity contribution is 0.377. The summed E-state index contributed by atoms with van der Waals surface area (Å²) in [6, 6.07) is 13.6. The Morgan fingerprint density at radius 1 is 1.11 bits per heavy atom. The smallest absolute Gasteiger partial charge is 0.246 e. The maximum Gasteiger partial charge on any atom is 0.246 e. The van der Waals surface area contributed by atoms with E-state index in [2.05, 4.69) is 10.1 Å². The third-order valence-corrected chi connectivity index (χ3v) is 2.78. The van der Waals surface area contributed by atoms with E-state index < -0.39 is 0 Å². The number of nitrogens with zero attached hydrogens (tertiary/aromatic N) is 3. The van der Waals surface area contributed by atoms with Crippen LogP contribution in [0.3, 0.4) is 0 Å². The molecule has 0 amide bonds. The molecular weight excluding hydrogens is 242 g/mol. The number of hydrogen-bond donors (Lipinski definition) is 0. The van der Waals surface area contributed by atoms with Crippen LogP contribution in [0.1, 0.15) is 5.89 Å². The number of aromatic nitrogens is 2. The molecule has 0 saturated carbocycles. The average Bonchev–Trinajstić information content (AvgIpc) is 3.10. The topological polar surface area (TPSA) is 55.3 Å². The van der Waals surface area contributed by atoms with Gasteiger partial charge in [-0.1, -0.05) is 23.4 Å². The summed E-state index contributed by atoms with van der Waals surface area (Å²) in [6.45, 7) is 0.553. The predicted molar refractivity (Wildman–Crippen MR) is 70.5 cm³/mol. The minimum Gasteiger partial charge on any atom is -0.461 e. The lowest BCUT2D eigenvalue weighted by Gasteiger charge is -2.16. The van der Waals surface area contributed by atoms with Gasteiger partial charge in [-0.2, -0.15) is 4.98 Å². The molecule has 0 atom stereocenters. The fraction of sp³-hybridized carbons (Fsp3) is 0.143. The standard InChI is InChI=1S/C14H13N3O2/c1-17(11-6-3-2-4-7-11)10-13-15-14(16-19-13)12-8-5-9-18-12/h2-9H,10H2,1H3. The molecule has 0 aliphatic heterocycles. The molecule has 0 aliphatic carbocycles. The van der Waals surface area contributed by atoms with E-state index in [1.165, 1.54) is 0 Å². The second-order valence-corrected chi connectivity index (χ2v) is 4.18. The maximum absolute atomic E-state index is 5.22. The van der Waals surface area contributed by atoms with Crippen molar-refractivity contribution in [2.24, 2.45) is 0 Å². The van der Waals surface area contributed by atoms with Gasteiger partial charge in [0, 0.05) is 12.7 Å². The van der Waals surface area contributed by atoms with Crippen molar-refractivity contribution in [3.63, 3.8) is 0 Å². The van der Waals surface area contributed by atoms with Gasteiger partial charge in [-0.05, 0) is 24.3 Å². The van der Waals surface area contributed by atoms with Crippen molar-refractivity contribution in [3.05, 3.63) is 54.6 Å². The molecule has 3 aromatic rings. The molecule has 0 aliphatic rings. The Morgan fingerprint density at radius 2 is 1.95 bits per heavy atom. The van der Waals surface area contributed by atoms with Crippen LogP contribution in [0.2, 0.25) is 0 Å². The van der Waals surface area contributed by atoms with Crippen molar-refractivity contribution in [1.82, 2.24) is 10.1 Å². The van der Waals surface area contributed by atoms with Gasteiger partial charge in [-0.15, -0.1) is 0 Å². The zero-order valence-electron chi connectivity index (χ0n) is 10.5. The van der Waals surface area contributed by atoms with Gasteiger partial charge in [-0.3, -0.25) is 0 Å². The van der Waals surface area contributed by atoms with Crippen LogP contribution in [0.15, 0.2) is 57.7 Å². The quantitative estimate of drug-likeness (QED) is 0.717. The van der Waals surface area contributed by atoms with Crippen molar-refractivity contribution in [2.45, 2.75) is 6.54 Å².